The topological polar surface area (TPSA) is 60.4 Å². The Morgan fingerprint density at radius 3 is 2.27 bits per heavy atom. The number of carbonyl (C=O) groups is 2. The third kappa shape index (κ3) is 2.79. The van der Waals surface area contributed by atoms with Gasteiger partial charge in [0.2, 0.25) is 0 Å². The van der Waals surface area contributed by atoms with Crippen molar-refractivity contribution < 1.29 is 14.7 Å². The Hall–Kier alpha value is -2.62. The van der Waals surface area contributed by atoms with E-state index < -0.39 is 17.9 Å². The molecule has 1 aliphatic heterocycles. The van der Waals surface area contributed by atoms with Gasteiger partial charge in [-0.15, -0.1) is 0 Å². The molecule has 0 radical (unpaired) electrons. The highest BCUT2D eigenvalue weighted by molar-refractivity contribution is 6.00. The van der Waals surface area contributed by atoms with Crippen LogP contribution in [0.4, 0.5) is 0 Å². The van der Waals surface area contributed by atoms with Gasteiger partial charge in [-0.1, -0.05) is 67.8 Å². The van der Waals surface area contributed by atoms with Crippen molar-refractivity contribution in [2.45, 2.75) is 50.1 Å². The number of benzene rings is 2. The van der Waals surface area contributed by atoms with Crippen molar-refractivity contribution >= 4 is 11.9 Å². The molecule has 1 saturated carbocycles. The summed E-state index contributed by atoms with van der Waals surface area (Å²) in [6, 6.07) is 16.2. The van der Waals surface area contributed by atoms with Gasteiger partial charge >= 0.3 is 0 Å². The lowest BCUT2D eigenvalue weighted by Gasteiger charge is -2.47. The van der Waals surface area contributed by atoms with E-state index in [2.05, 4.69) is 0 Å². The highest BCUT2D eigenvalue weighted by Gasteiger charge is 2.44. The first-order valence-corrected chi connectivity index (χ1v) is 9.36. The van der Waals surface area contributed by atoms with Gasteiger partial charge in [0.05, 0.1) is 12.0 Å². The smallest absolute Gasteiger partial charge is 0.254 e. The molecule has 4 rings (SSSR count). The van der Waals surface area contributed by atoms with Gasteiger partial charge < -0.3 is 14.8 Å². The lowest BCUT2D eigenvalue weighted by atomic mass is 9.77. The van der Waals surface area contributed by atoms with Gasteiger partial charge in [-0.25, -0.2) is 0 Å². The molecule has 0 spiro atoms. The number of hydrogen-bond acceptors (Lipinski definition) is 3. The van der Waals surface area contributed by atoms with E-state index in [0.29, 0.717) is 11.1 Å². The molecule has 4 heteroatoms. The molecule has 2 atom stereocenters. The Morgan fingerprint density at radius 2 is 1.58 bits per heavy atom. The van der Waals surface area contributed by atoms with Gasteiger partial charge in [-0.05, 0) is 30.0 Å². The average Bonchev–Trinajstić information content (AvgIpc) is 2.69. The molecule has 0 aromatic heterocycles. The number of carboxylic acids is 1. The summed E-state index contributed by atoms with van der Waals surface area (Å²) in [5.41, 5.74) is 1.92. The molecule has 134 valence electrons. The first-order valence-electron chi connectivity index (χ1n) is 9.36. The lowest BCUT2D eigenvalue weighted by molar-refractivity contribution is -0.309. The van der Waals surface area contributed by atoms with Crippen molar-refractivity contribution in [1.82, 2.24) is 4.90 Å². The summed E-state index contributed by atoms with van der Waals surface area (Å²) in [4.78, 5) is 27.4. The lowest BCUT2D eigenvalue weighted by Crippen LogP contribution is -2.52. The maximum absolute atomic E-state index is 13.4. The number of carbonyl (C=O) groups excluding carboxylic acids is 2. The molecule has 1 heterocycles. The fraction of sp³-hybridized carbons (Fsp3) is 0.364. The summed E-state index contributed by atoms with van der Waals surface area (Å²) in [5, 5.41) is 12.2. The van der Waals surface area contributed by atoms with Crippen LogP contribution in [0.25, 0.3) is 0 Å². The second-order valence-corrected chi connectivity index (χ2v) is 7.24. The van der Waals surface area contributed by atoms with Gasteiger partial charge in [-0.2, -0.15) is 0 Å². The summed E-state index contributed by atoms with van der Waals surface area (Å²) in [6.45, 7) is 0. The number of rotatable bonds is 3. The minimum absolute atomic E-state index is 0.0566. The SMILES string of the molecule is O=C([O-])[C@H]1c2ccccc2C(=O)N(C2CCCCC2)[C@@H]1c1ccccc1. The predicted molar refractivity (Wildman–Crippen MR) is 96.4 cm³/mol. The molecule has 2 aliphatic rings. The minimum Gasteiger partial charge on any atom is -0.549 e. The Balaban J connectivity index is 1.89. The fourth-order valence-electron chi connectivity index (χ4n) is 4.57. The molecular formula is C22H22NO3-. The van der Waals surface area contributed by atoms with Crippen LogP contribution < -0.4 is 5.11 Å². The maximum Gasteiger partial charge on any atom is 0.254 e. The second-order valence-electron chi connectivity index (χ2n) is 7.24. The van der Waals surface area contributed by atoms with E-state index in [1.165, 1.54) is 6.42 Å². The Labute approximate surface area is 153 Å². The monoisotopic (exact) mass is 348 g/mol. The van der Waals surface area contributed by atoms with E-state index in [-0.39, 0.29) is 11.9 Å². The highest BCUT2D eigenvalue weighted by atomic mass is 16.4. The van der Waals surface area contributed by atoms with E-state index in [9.17, 15) is 14.7 Å². The molecule has 1 amide bonds. The van der Waals surface area contributed by atoms with Crippen molar-refractivity contribution in [1.29, 1.82) is 0 Å². The molecule has 2 aromatic carbocycles. The third-order valence-electron chi connectivity index (χ3n) is 5.74. The van der Waals surface area contributed by atoms with E-state index in [1.54, 1.807) is 24.3 Å². The Bertz CT molecular complexity index is 811. The van der Waals surface area contributed by atoms with Crippen molar-refractivity contribution in [2.24, 2.45) is 0 Å². The summed E-state index contributed by atoms with van der Waals surface area (Å²) >= 11 is 0. The van der Waals surface area contributed by atoms with E-state index in [4.69, 9.17) is 0 Å². The number of hydrogen-bond donors (Lipinski definition) is 0. The maximum atomic E-state index is 13.4. The minimum atomic E-state index is -1.13. The molecular weight excluding hydrogens is 326 g/mol. The van der Waals surface area contributed by atoms with Crippen LogP contribution in [0.2, 0.25) is 0 Å². The average molecular weight is 348 g/mol. The van der Waals surface area contributed by atoms with Gasteiger partial charge in [0.25, 0.3) is 5.91 Å². The number of nitrogens with zero attached hydrogens (tertiary/aromatic N) is 1. The van der Waals surface area contributed by atoms with Crippen LogP contribution in [0.15, 0.2) is 54.6 Å². The van der Waals surface area contributed by atoms with Crippen molar-refractivity contribution in [3.8, 4) is 0 Å². The molecule has 0 saturated heterocycles. The zero-order valence-corrected chi connectivity index (χ0v) is 14.6. The van der Waals surface area contributed by atoms with Crippen LogP contribution in [-0.2, 0) is 4.79 Å². The van der Waals surface area contributed by atoms with Crippen LogP contribution in [0.5, 0.6) is 0 Å². The molecule has 1 aliphatic carbocycles. The van der Waals surface area contributed by atoms with Crippen LogP contribution in [0.3, 0.4) is 0 Å². The third-order valence-corrected chi connectivity index (χ3v) is 5.74. The standard InChI is InChI=1S/C22H23NO3/c24-21-18-14-8-7-13-17(18)19(22(25)26)20(15-9-3-1-4-10-15)23(21)16-11-5-2-6-12-16/h1,3-4,7-10,13-14,16,19-20H,2,5-6,11-12H2,(H,25,26)/p-1/t19-,20+/m0/s1. The van der Waals surface area contributed by atoms with Gasteiger partial charge in [-0.3, -0.25) is 4.79 Å². The Kier molecular flexibility index (Phi) is 4.49. The Morgan fingerprint density at radius 1 is 0.923 bits per heavy atom. The first kappa shape index (κ1) is 16.8. The molecule has 0 bridgehead atoms. The van der Waals surface area contributed by atoms with Crippen LogP contribution in [0, 0.1) is 0 Å². The molecule has 0 N–H and O–H groups in total. The van der Waals surface area contributed by atoms with Gasteiger partial charge in [0.1, 0.15) is 0 Å². The van der Waals surface area contributed by atoms with Crippen LogP contribution in [0.1, 0.15) is 65.5 Å². The number of amides is 1. The fourth-order valence-corrected chi connectivity index (χ4v) is 4.57. The summed E-state index contributed by atoms with van der Waals surface area (Å²) in [5.74, 6) is -2.04. The largest absolute Gasteiger partial charge is 0.549 e. The predicted octanol–water partition coefficient (Wildman–Crippen LogP) is 3.05. The number of aliphatic carboxylic acids is 1. The number of carboxylic acid groups (broad SMARTS) is 1. The molecule has 4 nitrogen and oxygen atoms in total. The second kappa shape index (κ2) is 6.94. The van der Waals surface area contributed by atoms with Gasteiger partial charge in [0, 0.05) is 17.5 Å². The van der Waals surface area contributed by atoms with Crippen molar-refractivity contribution in [3.63, 3.8) is 0 Å². The van der Waals surface area contributed by atoms with Crippen LogP contribution in [-0.4, -0.2) is 22.8 Å². The summed E-state index contributed by atoms with van der Waals surface area (Å²) in [6.07, 6.45) is 5.18. The molecule has 0 unspecified atom stereocenters. The summed E-state index contributed by atoms with van der Waals surface area (Å²) < 4.78 is 0. The molecule has 2 aromatic rings. The van der Waals surface area contributed by atoms with Crippen molar-refractivity contribution in [3.05, 3.63) is 71.3 Å². The van der Waals surface area contributed by atoms with Crippen LogP contribution >= 0.6 is 0 Å². The quantitative estimate of drug-likeness (QED) is 0.856. The highest BCUT2D eigenvalue weighted by Crippen LogP contribution is 2.45. The molecule has 26 heavy (non-hydrogen) atoms. The van der Waals surface area contributed by atoms with E-state index >= 15 is 0 Å². The summed E-state index contributed by atoms with van der Waals surface area (Å²) in [7, 11) is 0. The zero-order chi connectivity index (χ0) is 18.1. The normalized spacial score (nSPS) is 23.5. The van der Waals surface area contributed by atoms with Crippen molar-refractivity contribution in [2.75, 3.05) is 0 Å². The van der Waals surface area contributed by atoms with E-state index in [1.807, 2.05) is 35.2 Å². The van der Waals surface area contributed by atoms with E-state index in [0.717, 1.165) is 31.2 Å². The molecule has 1 fully saturated rings. The number of fused-ring (bicyclic) bond motifs is 1. The van der Waals surface area contributed by atoms with Gasteiger partial charge in [0.15, 0.2) is 0 Å². The first-order chi connectivity index (χ1) is 12.7. The zero-order valence-electron chi connectivity index (χ0n) is 14.6.